The molecule has 5 heteroatoms. The fourth-order valence-corrected chi connectivity index (χ4v) is 2.25. The highest BCUT2D eigenvalue weighted by Gasteiger charge is 2.25. The van der Waals surface area contributed by atoms with Crippen LogP contribution in [-0.2, 0) is 0 Å². The number of carbonyl (C=O) groups excluding carboxylic acids is 1. The minimum absolute atomic E-state index is 0.0257. The summed E-state index contributed by atoms with van der Waals surface area (Å²) >= 11 is 0. The van der Waals surface area contributed by atoms with Crippen molar-refractivity contribution in [2.45, 2.75) is 25.4 Å². The predicted molar refractivity (Wildman–Crippen MR) is 66.5 cm³/mol. The van der Waals surface area contributed by atoms with Crippen LogP contribution in [0.15, 0.2) is 18.2 Å². The van der Waals surface area contributed by atoms with E-state index in [-0.39, 0.29) is 29.2 Å². The van der Waals surface area contributed by atoms with Gasteiger partial charge in [-0.1, -0.05) is 6.42 Å². The molecule has 2 unspecified atom stereocenters. The maximum absolute atomic E-state index is 13.2. The number of benzene rings is 1. The number of hydrogen-bond acceptors (Lipinski definition) is 3. The number of aliphatic hydroxyl groups is 1. The van der Waals surface area contributed by atoms with Gasteiger partial charge < -0.3 is 16.2 Å². The minimum Gasteiger partial charge on any atom is -0.396 e. The number of nitrogen functional groups attached to an aromatic ring is 1. The Balaban J connectivity index is 1.93. The summed E-state index contributed by atoms with van der Waals surface area (Å²) in [6, 6.07) is 3.98. The van der Waals surface area contributed by atoms with E-state index in [0.717, 1.165) is 25.3 Å². The van der Waals surface area contributed by atoms with Gasteiger partial charge in [0.05, 0.1) is 11.8 Å². The van der Waals surface area contributed by atoms with Gasteiger partial charge in [0.25, 0.3) is 5.91 Å². The van der Waals surface area contributed by atoms with E-state index in [1.807, 2.05) is 0 Å². The number of anilines is 1. The Morgan fingerprint density at radius 2 is 2.28 bits per heavy atom. The summed E-state index contributed by atoms with van der Waals surface area (Å²) in [5, 5.41) is 12.3. The van der Waals surface area contributed by atoms with Gasteiger partial charge in [-0.2, -0.15) is 0 Å². The Morgan fingerprint density at radius 1 is 1.50 bits per heavy atom. The molecule has 1 fully saturated rings. The molecule has 2 rings (SSSR count). The monoisotopic (exact) mass is 252 g/mol. The lowest BCUT2D eigenvalue weighted by atomic mass is 10.1. The van der Waals surface area contributed by atoms with E-state index >= 15 is 0 Å². The lowest BCUT2D eigenvalue weighted by Crippen LogP contribution is -2.32. The quantitative estimate of drug-likeness (QED) is 0.710. The summed E-state index contributed by atoms with van der Waals surface area (Å²) < 4.78 is 13.2. The van der Waals surface area contributed by atoms with E-state index < -0.39 is 5.82 Å². The Morgan fingerprint density at radius 3 is 2.89 bits per heavy atom. The Hall–Kier alpha value is -1.62. The lowest BCUT2D eigenvalue weighted by molar-refractivity contribution is 0.0916. The highest BCUT2D eigenvalue weighted by Crippen LogP contribution is 2.24. The van der Waals surface area contributed by atoms with Crippen molar-refractivity contribution in [3.8, 4) is 0 Å². The van der Waals surface area contributed by atoms with Crippen LogP contribution in [0.5, 0.6) is 0 Å². The molecule has 1 saturated carbocycles. The van der Waals surface area contributed by atoms with Gasteiger partial charge in [0.15, 0.2) is 0 Å². The molecule has 1 aliphatic carbocycles. The second-order valence-electron chi connectivity index (χ2n) is 4.70. The molecule has 0 spiro atoms. The summed E-state index contributed by atoms with van der Waals surface area (Å²) in [5.41, 5.74) is 5.61. The highest BCUT2D eigenvalue weighted by molar-refractivity contribution is 5.94. The summed E-state index contributed by atoms with van der Waals surface area (Å²) in [5.74, 6) is -0.830. The van der Waals surface area contributed by atoms with Gasteiger partial charge in [0.1, 0.15) is 5.82 Å². The molecule has 18 heavy (non-hydrogen) atoms. The van der Waals surface area contributed by atoms with E-state index in [9.17, 15) is 14.3 Å². The number of nitrogens with one attached hydrogen (secondary N) is 1. The molecule has 0 heterocycles. The van der Waals surface area contributed by atoms with Crippen LogP contribution in [0, 0.1) is 11.7 Å². The molecule has 2 atom stereocenters. The lowest BCUT2D eigenvalue weighted by Gasteiger charge is -2.15. The van der Waals surface area contributed by atoms with Crippen LogP contribution in [0.2, 0.25) is 0 Å². The molecule has 4 nitrogen and oxygen atoms in total. The summed E-state index contributed by atoms with van der Waals surface area (Å²) in [4.78, 5) is 11.8. The largest absolute Gasteiger partial charge is 0.396 e. The van der Waals surface area contributed by atoms with E-state index in [2.05, 4.69) is 5.32 Å². The topological polar surface area (TPSA) is 75.4 Å². The molecule has 4 N–H and O–H groups in total. The van der Waals surface area contributed by atoms with E-state index in [1.165, 1.54) is 12.1 Å². The highest BCUT2D eigenvalue weighted by atomic mass is 19.1. The Labute approximate surface area is 105 Å². The van der Waals surface area contributed by atoms with Gasteiger partial charge in [-0.15, -0.1) is 0 Å². The van der Waals surface area contributed by atoms with Gasteiger partial charge in [-0.25, -0.2) is 4.39 Å². The fourth-order valence-electron chi connectivity index (χ4n) is 2.25. The van der Waals surface area contributed by atoms with Crippen molar-refractivity contribution in [3.05, 3.63) is 29.6 Å². The Bertz CT molecular complexity index is 451. The summed E-state index contributed by atoms with van der Waals surface area (Å²) in [6.07, 6.45) is 2.35. The van der Waals surface area contributed by atoms with Crippen molar-refractivity contribution >= 4 is 11.6 Å². The van der Waals surface area contributed by atoms with Crippen LogP contribution >= 0.6 is 0 Å². The molecule has 1 aliphatic rings. The molecule has 1 aromatic rings. The second kappa shape index (κ2) is 5.35. The molecule has 0 radical (unpaired) electrons. The Kier molecular flexibility index (Phi) is 3.81. The second-order valence-corrected chi connectivity index (χ2v) is 4.70. The van der Waals surface area contributed by atoms with E-state index in [0.29, 0.717) is 6.54 Å². The van der Waals surface area contributed by atoms with Crippen LogP contribution in [0.4, 0.5) is 10.1 Å². The third-order valence-corrected chi connectivity index (χ3v) is 3.41. The van der Waals surface area contributed by atoms with Gasteiger partial charge in [-0.05, 0) is 31.0 Å². The fraction of sp³-hybridized carbons (Fsp3) is 0.462. The first-order valence-corrected chi connectivity index (χ1v) is 6.09. The molecule has 0 aromatic heterocycles. The average Bonchev–Trinajstić information content (AvgIpc) is 2.75. The number of halogens is 1. The molecular formula is C13H17FN2O2. The van der Waals surface area contributed by atoms with E-state index in [1.54, 1.807) is 0 Å². The maximum Gasteiger partial charge on any atom is 0.251 e. The van der Waals surface area contributed by atoms with Crippen molar-refractivity contribution in [3.63, 3.8) is 0 Å². The molecule has 98 valence electrons. The first-order valence-electron chi connectivity index (χ1n) is 6.09. The van der Waals surface area contributed by atoms with Crippen LogP contribution in [-0.4, -0.2) is 23.7 Å². The first kappa shape index (κ1) is 12.8. The number of hydrogen-bond donors (Lipinski definition) is 3. The third-order valence-electron chi connectivity index (χ3n) is 3.41. The summed E-state index contributed by atoms with van der Waals surface area (Å²) in [6.45, 7) is 0.423. The average molecular weight is 252 g/mol. The van der Waals surface area contributed by atoms with Crippen LogP contribution < -0.4 is 11.1 Å². The number of nitrogens with two attached hydrogens (primary N) is 1. The standard InChI is InChI=1S/C13H17FN2O2/c14-10-6-8(4-5-11(10)15)13(18)16-7-9-2-1-3-12(9)17/h4-6,9,12,17H,1-3,7,15H2,(H,16,18). The molecular weight excluding hydrogens is 235 g/mol. The van der Waals surface area contributed by atoms with E-state index in [4.69, 9.17) is 5.73 Å². The predicted octanol–water partition coefficient (Wildman–Crippen LogP) is 1.30. The third kappa shape index (κ3) is 2.79. The molecule has 0 bridgehead atoms. The zero-order valence-electron chi connectivity index (χ0n) is 10.0. The number of amides is 1. The van der Waals surface area contributed by atoms with Crippen molar-refractivity contribution in [2.24, 2.45) is 5.92 Å². The first-order chi connectivity index (χ1) is 8.58. The molecule has 0 saturated heterocycles. The van der Waals surface area contributed by atoms with Crippen LogP contribution in [0.1, 0.15) is 29.6 Å². The zero-order valence-corrected chi connectivity index (χ0v) is 10.0. The van der Waals surface area contributed by atoms with Crippen LogP contribution in [0.3, 0.4) is 0 Å². The van der Waals surface area contributed by atoms with Crippen molar-refractivity contribution < 1.29 is 14.3 Å². The van der Waals surface area contributed by atoms with Gasteiger partial charge >= 0.3 is 0 Å². The normalized spacial score (nSPS) is 23.0. The molecule has 1 amide bonds. The molecule has 1 aromatic carbocycles. The van der Waals surface area contributed by atoms with Crippen molar-refractivity contribution in [1.29, 1.82) is 0 Å². The van der Waals surface area contributed by atoms with Crippen molar-refractivity contribution in [2.75, 3.05) is 12.3 Å². The number of aliphatic hydroxyl groups excluding tert-OH is 1. The van der Waals surface area contributed by atoms with Gasteiger partial charge in [-0.3, -0.25) is 4.79 Å². The smallest absolute Gasteiger partial charge is 0.251 e. The van der Waals surface area contributed by atoms with Gasteiger partial charge in [0, 0.05) is 18.0 Å². The summed E-state index contributed by atoms with van der Waals surface area (Å²) in [7, 11) is 0. The van der Waals surface area contributed by atoms with Gasteiger partial charge in [0.2, 0.25) is 0 Å². The number of carbonyl (C=O) groups is 1. The van der Waals surface area contributed by atoms with Crippen LogP contribution in [0.25, 0.3) is 0 Å². The SMILES string of the molecule is Nc1ccc(C(=O)NCC2CCCC2O)cc1F. The number of rotatable bonds is 3. The maximum atomic E-state index is 13.2. The molecule has 0 aliphatic heterocycles. The zero-order chi connectivity index (χ0) is 13.1. The minimum atomic E-state index is -0.594. The van der Waals surface area contributed by atoms with Crippen molar-refractivity contribution in [1.82, 2.24) is 5.32 Å².